The van der Waals surface area contributed by atoms with Crippen molar-refractivity contribution < 1.29 is 19.7 Å². The van der Waals surface area contributed by atoms with Crippen LogP contribution >= 0.6 is 0 Å². The van der Waals surface area contributed by atoms with Gasteiger partial charge in [0.25, 0.3) is 0 Å². The molecule has 2 unspecified atom stereocenters. The Morgan fingerprint density at radius 2 is 1.17 bits per heavy atom. The van der Waals surface area contributed by atoms with Crippen molar-refractivity contribution in [1.82, 2.24) is 0 Å². The lowest BCUT2D eigenvalue weighted by atomic mass is 9.65. The van der Waals surface area contributed by atoms with Gasteiger partial charge in [-0.25, -0.2) is 0 Å². The van der Waals surface area contributed by atoms with Crippen LogP contribution in [0.4, 0.5) is 0 Å². The molecule has 4 nitrogen and oxygen atoms in total. The van der Waals surface area contributed by atoms with Crippen molar-refractivity contribution in [2.24, 2.45) is 0 Å². The molecule has 0 aromatic heterocycles. The summed E-state index contributed by atoms with van der Waals surface area (Å²) in [5.41, 5.74) is 11.2. The Hall–Kier alpha value is -5.94. The van der Waals surface area contributed by atoms with Crippen LogP contribution in [0.2, 0.25) is 0 Å². The normalized spacial score (nSPS) is 17.6. The van der Waals surface area contributed by atoms with Crippen molar-refractivity contribution in [3.05, 3.63) is 197 Å². The van der Waals surface area contributed by atoms with Gasteiger partial charge in [0.15, 0.2) is 0 Å². The first-order valence-electron chi connectivity index (χ1n) is 18.4. The summed E-state index contributed by atoms with van der Waals surface area (Å²) in [7, 11) is 0. The molecule has 2 aliphatic carbocycles. The highest BCUT2D eigenvalue weighted by atomic mass is 16.5. The Bertz CT molecular complexity index is 2520. The van der Waals surface area contributed by atoms with E-state index in [9.17, 15) is 10.2 Å². The summed E-state index contributed by atoms with van der Waals surface area (Å²) < 4.78 is 11.5. The van der Waals surface area contributed by atoms with Gasteiger partial charge in [0, 0.05) is 11.3 Å². The van der Waals surface area contributed by atoms with Crippen LogP contribution in [0.25, 0.3) is 38.2 Å². The largest absolute Gasteiger partial charge is 0.491 e. The number of aliphatic hydroxyl groups is 2. The monoisotopic (exact) mass is 692 g/mol. The average Bonchev–Trinajstić information content (AvgIpc) is 3.54. The van der Waals surface area contributed by atoms with E-state index in [4.69, 9.17) is 9.47 Å². The lowest BCUT2D eigenvalue weighted by Crippen LogP contribution is -2.29. The summed E-state index contributed by atoms with van der Waals surface area (Å²) >= 11 is 0. The topological polar surface area (TPSA) is 58.9 Å². The molecular formula is C49H40O4. The number of benzene rings is 7. The Morgan fingerprint density at radius 1 is 0.547 bits per heavy atom. The van der Waals surface area contributed by atoms with Crippen LogP contribution in [0, 0.1) is 0 Å². The maximum absolute atomic E-state index is 9.28. The quantitative estimate of drug-likeness (QED) is 0.150. The van der Waals surface area contributed by atoms with Crippen molar-refractivity contribution in [1.29, 1.82) is 0 Å². The standard InChI is InChI=1S/C49H40O4/c50-23-25-52-42-18-14-34-27-39(12-11-36(34)29-42)48-46-31-38(33-7-3-1-4-8-33)16-20-44(46)45-21-22-49(32-47(45)48,40-9-5-2-6-10-40)41-17-13-37-30-43(53-26-24-51)19-15-35(37)28-41/h1-22,27-31,48,50-51H,23-26,32H2. The molecule has 9 rings (SSSR count). The highest BCUT2D eigenvalue weighted by Crippen LogP contribution is 2.56. The lowest BCUT2D eigenvalue weighted by molar-refractivity contribution is 0.201. The van der Waals surface area contributed by atoms with Gasteiger partial charge in [-0.1, -0.05) is 127 Å². The average molecular weight is 693 g/mol. The van der Waals surface area contributed by atoms with Gasteiger partial charge >= 0.3 is 0 Å². The fourth-order valence-electron chi connectivity index (χ4n) is 8.46. The number of allylic oxidation sites excluding steroid dienone is 4. The second-order valence-corrected chi connectivity index (χ2v) is 14.0. The smallest absolute Gasteiger partial charge is 0.120 e. The number of fused-ring (bicyclic) bond motifs is 4. The number of aliphatic hydroxyl groups excluding tert-OH is 2. The van der Waals surface area contributed by atoms with Crippen LogP contribution in [0.5, 0.6) is 11.5 Å². The van der Waals surface area contributed by atoms with Gasteiger partial charge in [0.2, 0.25) is 0 Å². The van der Waals surface area contributed by atoms with E-state index >= 15 is 0 Å². The van der Waals surface area contributed by atoms with Gasteiger partial charge in [-0.15, -0.1) is 0 Å². The fourth-order valence-corrected chi connectivity index (χ4v) is 8.46. The molecule has 0 bridgehead atoms. The van der Waals surface area contributed by atoms with Crippen molar-refractivity contribution in [3.63, 3.8) is 0 Å². The Kier molecular flexibility index (Phi) is 8.63. The molecule has 260 valence electrons. The molecule has 0 spiro atoms. The van der Waals surface area contributed by atoms with Gasteiger partial charge in [0.1, 0.15) is 24.7 Å². The van der Waals surface area contributed by atoms with E-state index in [0.717, 1.165) is 39.5 Å². The van der Waals surface area contributed by atoms with Crippen LogP contribution < -0.4 is 9.47 Å². The van der Waals surface area contributed by atoms with Crippen molar-refractivity contribution in [3.8, 4) is 22.6 Å². The van der Waals surface area contributed by atoms with E-state index in [1.807, 2.05) is 12.1 Å². The van der Waals surface area contributed by atoms with E-state index in [2.05, 4.69) is 152 Å². The first kappa shape index (κ1) is 32.9. The molecule has 4 heteroatoms. The van der Waals surface area contributed by atoms with Crippen molar-refractivity contribution in [2.45, 2.75) is 17.8 Å². The molecule has 0 radical (unpaired) electrons. The van der Waals surface area contributed by atoms with E-state index < -0.39 is 5.41 Å². The fraction of sp³-hybridized carbons (Fsp3) is 0.143. The van der Waals surface area contributed by atoms with Crippen molar-refractivity contribution >= 4 is 27.1 Å². The van der Waals surface area contributed by atoms with Gasteiger partial charge < -0.3 is 19.7 Å². The van der Waals surface area contributed by atoms with E-state index in [-0.39, 0.29) is 32.3 Å². The van der Waals surface area contributed by atoms with Crippen LogP contribution in [0.3, 0.4) is 0 Å². The van der Waals surface area contributed by atoms with Gasteiger partial charge in [-0.05, 0) is 114 Å². The van der Waals surface area contributed by atoms with Crippen LogP contribution in [0.15, 0.2) is 169 Å². The second kappa shape index (κ2) is 13.9. The summed E-state index contributed by atoms with van der Waals surface area (Å²) in [5, 5.41) is 23.1. The predicted octanol–water partition coefficient (Wildman–Crippen LogP) is 10.2. The van der Waals surface area contributed by atoms with Gasteiger partial charge in [0.05, 0.1) is 13.2 Å². The molecule has 2 N–H and O–H groups in total. The molecule has 0 heterocycles. The molecule has 2 aliphatic rings. The highest BCUT2D eigenvalue weighted by Gasteiger charge is 2.42. The molecule has 0 saturated heterocycles. The molecule has 53 heavy (non-hydrogen) atoms. The first-order chi connectivity index (χ1) is 26.1. The SMILES string of the molecule is OCCOc1ccc2cc(C3C4=C(C=CC(c5ccccc5)(c5ccc6cc(OCCO)ccc6c5)C4)c4ccc(-c5ccccc5)cc43)ccc2c1. The molecule has 0 saturated carbocycles. The van der Waals surface area contributed by atoms with Crippen LogP contribution in [0.1, 0.15) is 40.2 Å². The summed E-state index contributed by atoms with van der Waals surface area (Å²) in [5.74, 6) is 1.59. The number of ether oxygens (including phenoxy) is 2. The number of rotatable bonds is 10. The highest BCUT2D eigenvalue weighted by molar-refractivity contribution is 5.92. The third kappa shape index (κ3) is 6.00. The third-order valence-electron chi connectivity index (χ3n) is 11.0. The van der Waals surface area contributed by atoms with Crippen LogP contribution in [-0.4, -0.2) is 36.6 Å². The Morgan fingerprint density at radius 3 is 1.87 bits per heavy atom. The summed E-state index contributed by atoms with van der Waals surface area (Å²) in [4.78, 5) is 0. The Balaban J connectivity index is 1.19. The zero-order chi connectivity index (χ0) is 35.8. The lowest BCUT2D eigenvalue weighted by Gasteiger charge is -2.37. The van der Waals surface area contributed by atoms with Crippen molar-refractivity contribution in [2.75, 3.05) is 26.4 Å². The molecule has 0 aliphatic heterocycles. The minimum absolute atomic E-state index is 0.0140. The third-order valence-corrected chi connectivity index (χ3v) is 11.0. The maximum atomic E-state index is 9.28. The zero-order valence-electron chi connectivity index (χ0n) is 29.4. The summed E-state index contributed by atoms with van der Waals surface area (Å²) in [6.07, 6.45) is 5.65. The molecular weight excluding hydrogens is 653 g/mol. The minimum atomic E-state index is -0.390. The van der Waals surface area contributed by atoms with Gasteiger partial charge in [-0.3, -0.25) is 0 Å². The molecule has 0 amide bonds. The Labute approximate surface area is 309 Å². The molecule has 0 fully saturated rings. The first-order valence-corrected chi connectivity index (χ1v) is 18.4. The molecule has 7 aromatic carbocycles. The maximum Gasteiger partial charge on any atom is 0.120 e. The van der Waals surface area contributed by atoms with Gasteiger partial charge in [-0.2, -0.15) is 0 Å². The minimum Gasteiger partial charge on any atom is -0.491 e. The second-order valence-electron chi connectivity index (χ2n) is 14.0. The molecule has 7 aromatic rings. The summed E-state index contributed by atoms with van der Waals surface area (Å²) in [6, 6.07) is 54.6. The number of hydrogen-bond acceptors (Lipinski definition) is 4. The zero-order valence-corrected chi connectivity index (χ0v) is 29.4. The van der Waals surface area contributed by atoms with E-state index in [0.29, 0.717) is 0 Å². The van der Waals surface area contributed by atoms with E-state index in [1.165, 1.54) is 50.1 Å². The number of hydrogen-bond donors (Lipinski definition) is 2. The van der Waals surface area contributed by atoms with E-state index in [1.54, 1.807) is 0 Å². The summed E-state index contributed by atoms with van der Waals surface area (Å²) in [6.45, 7) is 0.521. The molecule has 2 atom stereocenters. The predicted molar refractivity (Wildman–Crippen MR) is 215 cm³/mol. The van der Waals surface area contributed by atoms with Crippen LogP contribution in [-0.2, 0) is 5.41 Å².